The fourth-order valence-electron chi connectivity index (χ4n) is 1.65. The van der Waals surface area contributed by atoms with Crippen molar-refractivity contribution in [1.82, 2.24) is 4.98 Å². The van der Waals surface area contributed by atoms with Crippen molar-refractivity contribution in [3.8, 4) is 0 Å². The molecule has 0 fully saturated rings. The zero-order chi connectivity index (χ0) is 15.6. The maximum absolute atomic E-state index is 13.0. The van der Waals surface area contributed by atoms with Gasteiger partial charge < -0.3 is 4.74 Å². The summed E-state index contributed by atoms with van der Waals surface area (Å²) < 4.78 is 44.4. The Labute approximate surface area is 124 Å². The molecule has 9 heteroatoms. The molecule has 0 spiro atoms. The van der Waals surface area contributed by atoms with Crippen LogP contribution in [-0.4, -0.2) is 26.5 Å². The molecular weight excluding hydrogens is 319 g/mol. The number of sulfonamides is 1. The number of carbonyl (C=O) groups excluding carboxylic acids is 1. The van der Waals surface area contributed by atoms with Gasteiger partial charge in [-0.15, -0.1) is 11.3 Å². The minimum absolute atomic E-state index is 0.0427. The molecule has 0 radical (unpaired) electrons. The van der Waals surface area contributed by atoms with Crippen LogP contribution in [0.5, 0.6) is 0 Å². The van der Waals surface area contributed by atoms with Gasteiger partial charge in [-0.05, 0) is 30.0 Å². The normalized spacial score (nSPS) is 11.2. The number of nitrogens with one attached hydrogen (secondary N) is 1. The van der Waals surface area contributed by atoms with Gasteiger partial charge in [-0.2, -0.15) is 4.39 Å². The van der Waals surface area contributed by atoms with Crippen LogP contribution < -0.4 is 4.72 Å². The zero-order valence-corrected chi connectivity index (χ0v) is 12.7. The number of nitrogens with zero attached hydrogens (tertiary/aromatic N) is 1. The molecular formula is C12H11FN2O4S2. The van der Waals surface area contributed by atoms with Gasteiger partial charge in [-0.25, -0.2) is 18.2 Å². The maximum Gasteiger partial charge on any atom is 0.349 e. The lowest BCUT2D eigenvalue weighted by Gasteiger charge is -2.08. The Hall–Kier alpha value is -2.00. The lowest BCUT2D eigenvalue weighted by Crippen LogP contribution is -2.17. The van der Waals surface area contributed by atoms with E-state index in [1.165, 1.54) is 17.5 Å². The summed E-state index contributed by atoms with van der Waals surface area (Å²) in [5, 5.41) is 1.53. The molecule has 0 aromatic carbocycles. The highest BCUT2D eigenvalue weighted by molar-refractivity contribution is 7.93. The Morgan fingerprint density at radius 3 is 2.76 bits per heavy atom. The van der Waals surface area contributed by atoms with Gasteiger partial charge in [0.2, 0.25) is 5.95 Å². The minimum Gasteiger partial charge on any atom is -0.465 e. The fourth-order valence-corrected chi connectivity index (χ4v) is 4.36. The summed E-state index contributed by atoms with van der Waals surface area (Å²) in [7, 11) is -2.91. The lowest BCUT2D eigenvalue weighted by atomic mass is 10.3. The molecule has 112 valence electrons. The van der Waals surface area contributed by atoms with Crippen LogP contribution in [0.2, 0.25) is 0 Å². The van der Waals surface area contributed by atoms with Gasteiger partial charge in [0.25, 0.3) is 10.0 Å². The van der Waals surface area contributed by atoms with Crippen LogP contribution >= 0.6 is 11.3 Å². The van der Waals surface area contributed by atoms with E-state index in [0.717, 1.165) is 24.5 Å². The Morgan fingerprint density at radius 2 is 2.14 bits per heavy atom. The van der Waals surface area contributed by atoms with E-state index in [0.29, 0.717) is 5.56 Å². The van der Waals surface area contributed by atoms with E-state index in [9.17, 15) is 17.6 Å². The number of anilines is 1. The monoisotopic (exact) mass is 330 g/mol. The second kappa shape index (κ2) is 5.78. The molecule has 0 amide bonds. The number of hydrogen-bond donors (Lipinski definition) is 1. The van der Waals surface area contributed by atoms with E-state index in [-0.39, 0.29) is 15.6 Å². The number of aromatic nitrogens is 1. The second-order valence-corrected chi connectivity index (χ2v) is 6.52. The number of methoxy groups -OCH3 is 1. The fraction of sp³-hybridized carbons (Fsp3) is 0.167. The van der Waals surface area contributed by atoms with E-state index in [1.54, 1.807) is 6.92 Å². The predicted molar refractivity (Wildman–Crippen MR) is 75.4 cm³/mol. The Balaban J connectivity index is 2.45. The summed E-state index contributed by atoms with van der Waals surface area (Å²) in [5.41, 5.74) is 0.393. The molecule has 2 heterocycles. The van der Waals surface area contributed by atoms with Gasteiger partial charge in [0.15, 0.2) is 0 Å². The van der Waals surface area contributed by atoms with E-state index >= 15 is 0 Å². The topological polar surface area (TPSA) is 85.4 Å². The molecule has 0 aliphatic rings. The average molecular weight is 330 g/mol. The third-order valence-electron chi connectivity index (χ3n) is 2.51. The van der Waals surface area contributed by atoms with E-state index < -0.39 is 21.9 Å². The number of ether oxygens (including phenoxy) is 1. The van der Waals surface area contributed by atoms with E-state index in [1.807, 2.05) is 0 Å². The molecule has 1 N–H and O–H groups in total. The van der Waals surface area contributed by atoms with Crippen molar-refractivity contribution in [2.75, 3.05) is 11.8 Å². The highest BCUT2D eigenvalue weighted by atomic mass is 32.2. The van der Waals surface area contributed by atoms with Crippen molar-refractivity contribution in [2.24, 2.45) is 0 Å². The standard InChI is InChI=1S/C12H11FN2O4S2/c1-7-6-20-10(12(16)19-2)11(7)21(17,18)15-9-5-3-4-8(13)14-9/h3-6H,1-2H3,(H,14,15). The van der Waals surface area contributed by atoms with Gasteiger partial charge in [-0.1, -0.05) is 6.07 Å². The molecule has 2 rings (SSSR count). The van der Waals surface area contributed by atoms with Crippen molar-refractivity contribution in [2.45, 2.75) is 11.8 Å². The molecule has 0 saturated carbocycles. The highest BCUT2D eigenvalue weighted by Gasteiger charge is 2.28. The van der Waals surface area contributed by atoms with Crippen molar-refractivity contribution in [3.63, 3.8) is 0 Å². The number of esters is 1. The first-order chi connectivity index (χ1) is 9.85. The molecule has 0 aliphatic heterocycles. The van der Waals surface area contributed by atoms with Crippen molar-refractivity contribution in [3.05, 3.63) is 40.0 Å². The van der Waals surface area contributed by atoms with Gasteiger partial charge in [-0.3, -0.25) is 4.72 Å². The number of hydrogen-bond acceptors (Lipinski definition) is 6. The Kier molecular flexibility index (Phi) is 4.24. The third kappa shape index (κ3) is 3.19. The lowest BCUT2D eigenvalue weighted by molar-refractivity contribution is 0.0602. The number of aryl methyl sites for hydroxylation is 1. The van der Waals surface area contributed by atoms with Gasteiger partial charge in [0.1, 0.15) is 15.6 Å². The summed E-state index contributed by atoms with van der Waals surface area (Å²) in [6, 6.07) is 3.72. The molecule has 0 aliphatic carbocycles. The van der Waals surface area contributed by atoms with Crippen LogP contribution in [-0.2, 0) is 14.8 Å². The number of halogens is 1. The van der Waals surface area contributed by atoms with Crippen LogP contribution in [0.1, 0.15) is 15.2 Å². The average Bonchev–Trinajstić information content (AvgIpc) is 2.80. The number of thiophene rings is 1. The van der Waals surface area contributed by atoms with Crippen LogP contribution in [0, 0.1) is 12.9 Å². The predicted octanol–water partition coefficient (Wildman–Crippen LogP) is 2.18. The second-order valence-electron chi connectivity index (χ2n) is 4.02. The van der Waals surface area contributed by atoms with Gasteiger partial charge in [0, 0.05) is 0 Å². The molecule has 0 atom stereocenters. The number of rotatable bonds is 4. The number of pyridine rings is 1. The molecule has 0 saturated heterocycles. The Morgan fingerprint density at radius 1 is 1.43 bits per heavy atom. The van der Waals surface area contributed by atoms with Gasteiger partial charge in [0.05, 0.1) is 7.11 Å². The molecule has 2 aromatic rings. The molecule has 21 heavy (non-hydrogen) atoms. The van der Waals surface area contributed by atoms with Crippen LogP contribution in [0.25, 0.3) is 0 Å². The first-order valence-corrected chi connectivity index (χ1v) is 8.03. The summed E-state index contributed by atoms with van der Waals surface area (Å²) in [6.45, 7) is 1.55. The van der Waals surface area contributed by atoms with Crippen LogP contribution in [0.15, 0.2) is 28.5 Å². The first kappa shape index (κ1) is 15.4. The molecule has 0 bridgehead atoms. The van der Waals surface area contributed by atoms with Crippen LogP contribution in [0.4, 0.5) is 10.2 Å². The first-order valence-electron chi connectivity index (χ1n) is 5.67. The molecule has 6 nitrogen and oxygen atoms in total. The summed E-state index contributed by atoms with van der Waals surface area (Å²) in [5.74, 6) is -1.73. The molecule has 2 aromatic heterocycles. The summed E-state index contributed by atoms with van der Waals surface area (Å²) in [4.78, 5) is 14.8. The zero-order valence-electron chi connectivity index (χ0n) is 11.1. The van der Waals surface area contributed by atoms with Crippen LogP contribution in [0.3, 0.4) is 0 Å². The quantitative estimate of drug-likeness (QED) is 0.686. The maximum atomic E-state index is 13.0. The van der Waals surface area contributed by atoms with E-state index in [2.05, 4.69) is 14.4 Å². The van der Waals surface area contributed by atoms with Gasteiger partial charge >= 0.3 is 5.97 Å². The number of carbonyl (C=O) groups is 1. The molecule has 0 unspecified atom stereocenters. The smallest absolute Gasteiger partial charge is 0.349 e. The van der Waals surface area contributed by atoms with Crippen molar-refractivity contribution in [1.29, 1.82) is 0 Å². The summed E-state index contributed by atoms with van der Waals surface area (Å²) in [6.07, 6.45) is 0. The SMILES string of the molecule is COC(=O)c1scc(C)c1S(=O)(=O)Nc1cccc(F)n1. The van der Waals surface area contributed by atoms with Crippen molar-refractivity contribution >= 4 is 33.1 Å². The van der Waals surface area contributed by atoms with Crippen molar-refractivity contribution < 1.29 is 22.3 Å². The highest BCUT2D eigenvalue weighted by Crippen LogP contribution is 2.28. The third-order valence-corrected chi connectivity index (χ3v) is 5.26. The van der Waals surface area contributed by atoms with E-state index in [4.69, 9.17) is 0 Å². The largest absolute Gasteiger partial charge is 0.465 e. The Bertz CT molecular complexity index is 786. The minimum atomic E-state index is -4.07. The summed E-state index contributed by atoms with van der Waals surface area (Å²) >= 11 is 0.961.